The zero-order chi connectivity index (χ0) is 16.1. The normalized spacial score (nSPS) is 15.5. The standard InChI is InChI=1S/C17H21FN4O/c1-2-23-17-11-16(19-12-20-17)22-9-7-13(8-10-22)21-15-6-4-3-5-14(15)18/h3-6,11-13,21H,2,7-10H2,1H3. The van der Waals surface area contributed by atoms with Gasteiger partial charge in [0.05, 0.1) is 12.3 Å². The number of rotatable bonds is 5. The summed E-state index contributed by atoms with van der Waals surface area (Å²) < 4.78 is 19.1. The van der Waals surface area contributed by atoms with Crippen molar-refractivity contribution in [1.29, 1.82) is 0 Å². The topological polar surface area (TPSA) is 50.3 Å². The van der Waals surface area contributed by atoms with E-state index in [0.29, 0.717) is 18.2 Å². The molecule has 0 spiro atoms. The monoisotopic (exact) mass is 316 g/mol. The number of halogens is 1. The smallest absolute Gasteiger partial charge is 0.218 e. The van der Waals surface area contributed by atoms with Gasteiger partial charge in [0.25, 0.3) is 0 Å². The Bertz CT molecular complexity index is 644. The molecule has 1 N–H and O–H groups in total. The number of aromatic nitrogens is 2. The highest BCUT2D eigenvalue weighted by Gasteiger charge is 2.21. The molecular formula is C17H21FN4O. The summed E-state index contributed by atoms with van der Waals surface area (Å²) in [6.07, 6.45) is 3.40. The second-order valence-electron chi connectivity index (χ2n) is 5.53. The van der Waals surface area contributed by atoms with Crippen LogP contribution in [0.1, 0.15) is 19.8 Å². The molecule has 1 aromatic heterocycles. The van der Waals surface area contributed by atoms with Gasteiger partial charge < -0.3 is 15.0 Å². The molecule has 6 heteroatoms. The van der Waals surface area contributed by atoms with Crippen molar-refractivity contribution in [2.24, 2.45) is 0 Å². The molecule has 0 saturated carbocycles. The molecule has 0 amide bonds. The van der Waals surface area contributed by atoms with Crippen molar-refractivity contribution in [3.05, 3.63) is 42.5 Å². The third-order valence-electron chi connectivity index (χ3n) is 3.97. The fourth-order valence-electron chi connectivity index (χ4n) is 2.78. The maximum absolute atomic E-state index is 13.7. The number of hydrogen-bond donors (Lipinski definition) is 1. The Kier molecular flexibility index (Phi) is 4.90. The molecule has 2 heterocycles. The van der Waals surface area contributed by atoms with Crippen LogP contribution in [0.3, 0.4) is 0 Å². The highest BCUT2D eigenvalue weighted by molar-refractivity contribution is 5.46. The minimum absolute atomic E-state index is 0.202. The van der Waals surface area contributed by atoms with Crippen LogP contribution >= 0.6 is 0 Å². The van der Waals surface area contributed by atoms with Gasteiger partial charge in [-0.3, -0.25) is 0 Å². The number of nitrogens with one attached hydrogen (secondary N) is 1. The third kappa shape index (κ3) is 3.88. The highest BCUT2D eigenvalue weighted by atomic mass is 19.1. The molecule has 23 heavy (non-hydrogen) atoms. The van der Waals surface area contributed by atoms with Crippen LogP contribution in [-0.4, -0.2) is 35.7 Å². The van der Waals surface area contributed by atoms with E-state index in [9.17, 15) is 4.39 Å². The average molecular weight is 316 g/mol. The number of anilines is 2. The van der Waals surface area contributed by atoms with E-state index in [2.05, 4.69) is 20.2 Å². The lowest BCUT2D eigenvalue weighted by atomic mass is 10.0. The maximum Gasteiger partial charge on any atom is 0.218 e. The van der Waals surface area contributed by atoms with Crippen LogP contribution in [0.15, 0.2) is 36.7 Å². The van der Waals surface area contributed by atoms with Gasteiger partial charge in [-0.2, -0.15) is 0 Å². The maximum atomic E-state index is 13.7. The second-order valence-corrected chi connectivity index (χ2v) is 5.53. The molecule has 2 aromatic rings. The van der Waals surface area contributed by atoms with Gasteiger partial charge in [-0.25, -0.2) is 14.4 Å². The summed E-state index contributed by atoms with van der Waals surface area (Å²) in [6.45, 7) is 4.26. The minimum atomic E-state index is -0.202. The van der Waals surface area contributed by atoms with Crippen LogP contribution in [0.25, 0.3) is 0 Å². The van der Waals surface area contributed by atoms with Gasteiger partial charge in [-0.15, -0.1) is 0 Å². The van der Waals surface area contributed by atoms with Crippen LogP contribution in [0.5, 0.6) is 5.88 Å². The predicted octanol–water partition coefficient (Wildman–Crippen LogP) is 3.10. The number of para-hydroxylation sites is 1. The molecule has 0 aliphatic carbocycles. The van der Waals surface area contributed by atoms with Gasteiger partial charge in [0.15, 0.2) is 0 Å². The number of nitrogens with zero attached hydrogens (tertiary/aromatic N) is 3. The first-order valence-corrected chi connectivity index (χ1v) is 7.97. The first kappa shape index (κ1) is 15.5. The highest BCUT2D eigenvalue weighted by Crippen LogP contribution is 2.23. The van der Waals surface area contributed by atoms with Gasteiger partial charge in [0, 0.05) is 25.2 Å². The molecule has 0 atom stereocenters. The summed E-state index contributed by atoms with van der Waals surface area (Å²) in [7, 11) is 0. The van der Waals surface area contributed by atoms with Crippen LogP contribution in [0.4, 0.5) is 15.9 Å². The molecule has 1 saturated heterocycles. The van der Waals surface area contributed by atoms with E-state index in [1.54, 1.807) is 12.1 Å². The molecule has 122 valence electrons. The zero-order valence-electron chi connectivity index (χ0n) is 13.2. The van der Waals surface area contributed by atoms with E-state index < -0.39 is 0 Å². The largest absolute Gasteiger partial charge is 0.478 e. The summed E-state index contributed by atoms with van der Waals surface area (Å²) in [4.78, 5) is 10.6. The summed E-state index contributed by atoms with van der Waals surface area (Å²) in [5.41, 5.74) is 0.576. The number of ether oxygens (including phenoxy) is 1. The number of hydrogen-bond acceptors (Lipinski definition) is 5. The van der Waals surface area contributed by atoms with Crippen molar-refractivity contribution in [3.63, 3.8) is 0 Å². The quantitative estimate of drug-likeness (QED) is 0.918. The molecule has 0 radical (unpaired) electrons. The molecule has 3 rings (SSSR count). The Morgan fingerprint density at radius 3 is 2.78 bits per heavy atom. The van der Waals surface area contributed by atoms with E-state index in [-0.39, 0.29) is 11.9 Å². The van der Waals surface area contributed by atoms with Crippen molar-refractivity contribution in [2.45, 2.75) is 25.8 Å². The molecule has 0 unspecified atom stereocenters. The molecule has 1 aliphatic heterocycles. The van der Waals surface area contributed by atoms with Crippen LogP contribution < -0.4 is 15.0 Å². The molecule has 1 fully saturated rings. The van der Waals surface area contributed by atoms with Gasteiger partial charge in [0.1, 0.15) is 18.0 Å². The summed E-state index contributed by atoms with van der Waals surface area (Å²) in [5, 5.41) is 3.29. The van der Waals surface area contributed by atoms with Crippen LogP contribution in [0.2, 0.25) is 0 Å². The summed E-state index contributed by atoms with van der Waals surface area (Å²) >= 11 is 0. The average Bonchev–Trinajstić information content (AvgIpc) is 2.58. The predicted molar refractivity (Wildman–Crippen MR) is 88.5 cm³/mol. The number of benzene rings is 1. The first-order chi connectivity index (χ1) is 11.3. The molecule has 5 nitrogen and oxygen atoms in total. The van der Waals surface area contributed by atoms with Gasteiger partial charge in [-0.05, 0) is 31.9 Å². The van der Waals surface area contributed by atoms with Crippen molar-refractivity contribution in [1.82, 2.24) is 9.97 Å². The van der Waals surface area contributed by atoms with E-state index in [0.717, 1.165) is 31.7 Å². The summed E-state index contributed by atoms with van der Waals surface area (Å²) in [5.74, 6) is 1.28. The molecule has 1 aromatic carbocycles. The van der Waals surface area contributed by atoms with Gasteiger partial charge in [0.2, 0.25) is 5.88 Å². The van der Waals surface area contributed by atoms with Crippen molar-refractivity contribution < 1.29 is 9.13 Å². The van der Waals surface area contributed by atoms with E-state index >= 15 is 0 Å². The minimum Gasteiger partial charge on any atom is -0.478 e. The van der Waals surface area contributed by atoms with Crippen molar-refractivity contribution in [3.8, 4) is 5.88 Å². The van der Waals surface area contributed by atoms with Crippen molar-refractivity contribution in [2.75, 3.05) is 29.9 Å². The van der Waals surface area contributed by atoms with Crippen LogP contribution in [-0.2, 0) is 0 Å². The van der Waals surface area contributed by atoms with Crippen LogP contribution in [0, 0.1) is 5.82 Å². The van der Waals surface area contributed by atoms with E-state index in [1.165, 1.54) is 12.4 Å². The van der Waals surface area contributed by atoms with Gasteiger partial charge in [-0.1, -0.05) is 12.1 Å². The SMILES string of the molecule is CCOc1cc(N2CCC(Nc3ccccc3F)CC2)ncn1. The Labute approximate surface area is 135 Å². The molecular weight excluding hydrogens is 295 g/mol. The Morgan fingerprint density at radius 2 is 2.04 bits per heavy atom. The Morgan fingerprint density at radius 1 is 1.26 bits per heavy atom. The fraction of sp³-hybridized carbons (Fsp3) is 0.412. The fourth-order valence-corrected chi connectivity index (χ4v) is 2.78. The van der Waals surface area contributed by atoms with E-state index in [1.807, 2.05) is 19.1 Å². The molecule has 0 bridgehead atoms. The Hall–Kier alpha value is -2.37. The van der Waals surface area contributed by atoms with Gasteiger partial charge >= 0.3 is 0 Å². The lowest BCUT2D eigenvalue weighted by Crippen LogP contribution is -2.39. The summed E-state index contributed by atoms with van der Waals surface area (Å²) in [6, 6.07) is 8.95. The van der Waals surface area contributed by atoms with Crippen molar-refractivity contribution >= 4 is 11.5 Å². The first-order valence-electron chi connectivity index (χ1n) is 7.97. The number of piperidine rings is 1. The Balaban J connectivity index is 1.58. The lowest BCUT2D eigenvalue weighted by Gasteiger charge is -2.33. The lowest BCUT2D eigenvalue weighted by molar-refractivity contribution is 0.326. The van der Waals surface area contributed by atoms with E-state index in [4.69, 9.17) is 4.74 Å². The third-order valence-corrected chi connectivity index (χ3v) is 3.97. The second kappa shape index (κ2) is 7.26. The molecule has 1 aliphatic rings. The zero-order valence-corrected chi connectivity index (χ0v) is 13.2.